The van der Waals surface area contributed by atoms with Crippen LogP contribution < -0.4 is 5.32 Å². The lowest BCUT2D eigenvalue weighted by Crippen LogP contribution is -2.35. The molecular weight excluding hydrogens is 364 g/mol. The van der Waals surface area contributed by atoms with E-state index in [0.717, 1.165) is 11.1 Å². The Morgan fingerprint density at radius 2 is 1.66 bits per heavy atom. The summed E-state index contributed by atoms with van der Waals surface area (Å²) in [4.78, 5) is 27.2. The first kappa shape index (κ1) is 20.4. The number of amides is 2. The third-order valence-corrected chi connectivity index (χ3v) is 4.88. The van der Waals surface area contributed by atoms with Crippen molar-refractivity contribution in [1.29, 1.82) is 0 Å². The Bertz CT molecular complexity index is 935. The van der Waals surface area contributed by atoms with Gasteiger partial charge in [-0.25, -0.2) is 0 Å². The number of nitrogens with one attached hydrogen (secondary N) is 1. The predicted octanol–water partition coefficient (Wildman–Crippen LogP) is 4.50. The molecule has 2 amide bonds. The van der Waals surface area contributed by atoms with E-state index in [1.807, 2.05) is 67.6 Å². The van der Waals surface area contributed by atoms with Gasteiger partial charge in [-0.2, -0.15) is 0 Å². The zero-order valence-electron chi connectivity index (χ0n) is 16.8. The number of benzene rings is 2. The molecule has 0 bridgehead atoms. The topological polar surface area (TPSA) is 62.6 Å². The minimum atomic E-state index is -0.135. The molecular formula is C24H26N2O3. The Kier molecular flexibility index (Phi) is 6.85. The van der Waals surface area contributed by atoms with Gasteiger partial charge in [0.25, 0.3) is 5.91 Å². The number of hydrogen-bond acceptors (Lipinski definition) is 3. The molecule has 3 aromatic rings. The lowest BCUT2D eigenvalue weighted by atomic mass is 10.1. The molecule has 5 heteroatoms. The lowest BCUT2D eigenvalue weighted by molar-refractivity contribution is -0.121. The second kappa shape index (κ2) is 9.73. The second-order valence-corrected chi connectivity index (χ2v) is 7.05. The predicted molar refractivity (Wildman–Crippen MR) is 112 cm³/mol. The average molecular weight is 390 g/mol. The summed E-state index contributed by atoms with van der Waals surface area (Å²) in [5, 5.41) is 3.01. The zero-order chi connectivity index (χ0) is 20.6. The van der Waals surface area contributed by atoms with Crippen LogP contribution in [0, 0.1) is 6.92 Å². The van der Waals surface area contributed by atoms with Crippen LogP contribution >= 0.6 is 0 Å². The fourth-order valence-corrected chi connectivity index (χ4v) is 3.21. The van der Waals surface area contributed by atoms with E-state index in [1.165, 1.54) is 6.26 Å². The maximum atomic E-state index is 13.0. The Labute approximate surface area is 171 Å². The third-order valence-electron chi connectivity index (χ3n) is 4.88. The Balaban J connectivity index is 1.65. The summed E-state index contributed by atoms with van der Waals surface area (Å²) >= 11 is 0. The first-order valence-corrected chi connectivity index (χ1v) is 9.76. The molecule has 3 rings (SSSR count). The van der Waals surface area contributed by atoms with Gasteiger partial charge in [-0.15, -0.1) is 0 Å². The summed E-state index contributed by atoms with van der Waals surface area (Å²) in [5.74, 6) is 0.357. The van der Waals surface area contributed by atoms with Crippen molar-refractivity contribution in [2.45, 2.75) is 32.9 Å². The average Bonchev–Trinajstić information content (AvgIpc) is 3.17. The van der Waals surface area contributed by atoms with Gasteiger partial charge in [0.2, 0.25) is 5.91 Å². The van der Waals surface area contributed by atoms with Gasteiger partial charge in [0.05, 0.1) is 17.9 Å². The number of hydrogen-bond donors (Lipinski definition) is 1. The molecule has 1 N–H and O–H groups in total. The summed E-state index contributed by atoms with van der Waals surface area (Å²) < 4.78 is 5.29. The molecule has 150 valence electrons. The first-order chi connectivity index (χ1) is 14.0. The maximum absolute atomic E-state index is 13.0. The summed E-state index contributed by atoms with van der Waals surface area (Å²) in [6, 6.07) is 21.2. The van der Waals surface area contributed by atoms with E-state index in [0.29, 0.717) is 24.4 Å². The largest absolute Gasteiger partial charge is 0.469 e. The fourth-order valence-electron chi connectivity index (χ4n) is 3.21. The quantitative estimate of drug-likeness (QED) is 0.616. The molecule has 1 unspecified atom stereocenters. The first-order valence-electron chi connectivity index (χ1n) is 9.76. The standard InChI is InChI=1S/C24H26N2O3/c1-18(21-11-7-4-8-12-21)25-23(27)13-15-26(17-20-9-5-3-6-10-20)24(28)22-14-16-29-19(22)2/h3-12,14,16,18H,13,15,17H2,1-2H3,(H,25,27). The number of aryl methyl sites for hydroxylation is 1. The van der Waals surface area contributed by atoms with Gasteiger partial charge in [-0.1, -0.05) is 60.7 Å². The van der Waals surface area contributed by atoms with E-state index in [1.54, 1.807) is 17.9 Å². The summed E-state index contributed by atoms with van der Waals surface area (Å²) in [7, 11) is 0. The number of carbonyl (C=O) groups is 2. The highest BCUT2D eigenvalue weighted by atomic mass is 16.3. The van der Waals surface area contributed by atoms with E-state index in [-0.39, 0.29) is 24.3 Å². The molecule has 29 heavy (non-hydrogen) atoms. The van der Waals surface area contributed by atoms with Crippen LogP contribution in [0.3, 0.4) is 0 Å². The normalized spacial score (nSPS) is 11.7. The van der Waals surface area contributed by atoms with E-state index >= 15 is 0 Å². The third kappa shape index (κ3) is 5.57. The number of furan rings is 1. The van der Waals surface area contributed by atoms with Crippen molar-refractivity contribution < 1.29 is 14.0 Å². The molecule has 0 radical (unpaired) electrons. The van der Waals surface area contributed by atoms with Gasteiger partial charge < -0.3 is 14.6 Å². The smallest absolute Gasteiger partial charge is 0.257 e. The Morgan fingerprint density at radius 3 is 2.28 bits per heavy atom. The molecule has 5 nitrogen and oxygen atoms in total. The van der Waals surface area contributed by atoms with Crippen LogP contribution in [-0.4, -0.2) is 23.3 Å². The van der Waals surface area contributed by atoms with Gasteiger partial charge in [0.1, 0.15) is 5.76 Å². The van der Waals surface area contributed by atoms with Crippen LogP contribution in [0.1, 0.15) is 46.6 Å². The summed E-state index contributed by atoms with van der Waals surface area (Å²) in [6.45, 7) is 4.48. The van der Waals surface area contributed by atoms with Crippen molar-refractivity contribution in [3.05, 3.63) is 95.4 Å². The number of nitrogens with zero attached hydrogens (tertiary/aromatic N) is 1. The van der Waals surface area contributed by atoms with Crippen molar-refractivity contribution >= 4 is 11.8 Å². The Hall–Kier alpha value is -3.34. The minimum Gasteiger partial charge on any atom is -0.469 e. The van der Waals surface area contributed by atoms with Crippen LogP contribution in [0.15, 0.2) is 77.4 Å². The second-order valence-electron chi connectivity index (χ2n) is 7.05. The summed E-state index contributed by atoms with van der Waals surface area (Å²) in [6.07, 6.45) is 1.74. The van der Waals surface area contributed by atoms with Gasteiger partial charge in [0.15, 0.2) is 0 Å². The van der Waals surface area contributed by atoms with Crippen LogP contribution in [0.2, 0.25) is 0 Å². The van der Waals surface area contributed by atoms with Crippen molar-refractivity contribution in [3.8, 4) is 0 Å². The SMILES string of the molecule is Cc1occc1C(=O)N(CCC(=O)NC(C)c1ccccc1)Cc1ccccc1. The van der Waals surface area contributed by atoms with Crippen LogP contribution in [0.4, 0.5) is 0 Å². The molecule has 0 fully saturated rings. The van der Waals surface area contributed by atoms with Crippen molar-refractivity contribution in [2.75, 3.05) is 6.54 Å². The minimum absolute atomic E-state index is 0.0851. The molecule has 1 atom stereocenters. The Morgan fingerprint density at radius 1 is 1.00 bits per heavy atom. The molecule has 2 aromatic carbocycles. The van der Waals surface area contributed by atoms with Crippen molar-refractivity contribution in [2.24, 2.45) is 0 Å². The maximum Gasteiger partial charge on any atom is 0.257 e. The van der Waals surface area contributed by atoms with E-state index in [2.05, 4.69) is 5.32 Å². The zero-order valence-corrected chi connectivity index (χ0v) is 16.8. The number of rotatable bonds is 8. The molecule has 1 aromatic heterocycles. The molecule has 0 spiro atoms. The molecule has 1 heterocycles. The van der Waals surface area contributed by atoms with Crippen molar-refractivity contribution in [1.82, 2.24) is 10.2 Å². The van der Waals surface area contributed by atoms with Gasteiger partial charge in [-0.3, -0.25) is 9.59 Å². The van der Waals surface area contributed by atoms with Gasteiger partial charge >= 0.3 is 0 Å². The van der Waals surface area contributed by atoms with Gasteiger partial charge in [0, 0.05) is 19.5 Å². The molecule has 0 saturated carbocycles. The molecule has 0 aliphatic rings. The van der Waals surface area contributed by atoms with E-state index in [4.69, 9.17) is 4.42 Å². The van der Waals surface area contributed by atoms with Crippen molar-refractivity contribution in [3.63, 3.8) is 0 Å². The highest BCUT2D eigenvalue weighted by Gasteiger charge is 2.21. The monoisotopic (exact) mass is 390 g/mol. The summed E-state index contributed by atoms with van der Waals surface area (Å²) in [5.41, 5.74) is 2.59. The van der Waals surface area contributed by atoms with E-state index < -0.39 is 0 Å². The molecule has 0 saturated heterocycles. The van der Waals surface area contributed by atoms with Crippen LogP contribution in [0.25, 0.3) is 0 Å². The highest BCUT2D eigenvalue weighted by Crippen LogP contribution is 2.16. The van der Waals surface area contributed by atoms with Crippen LogP contribution in [-0.2, 0) is 11.3 Å². The highest BCUT2D eigenvalue weighted by molar-refractivity contribution is 5.95. The number of carbonyl (C=O) groups excluding carboxylic acids is 2. The lowest BCUT2D eigenvalue weighted by Gasteiger charge is -2.23. The van der Waals surface area contributed by atoms with Crippen LogP contribution in [0.5, 0.6) is 0 Å². The molecule has 0 aliphatic carbocycles. The molecule has 0 aliphatic heterocycles. The fraction of sp³-hybridized carbons (Fsp3) is 0.250. The van der Waals surface area contributed by atoms with Gasteiger partial charge in [-0.05, 0) is 31.0 Å². The van der Waals surface area contributed by atoms with E-state index in [9.17, 15) is 9.59 Å².